The zero-order chi connectivity index (χ0) is 29.1. The lowest BCUT2D eigenvalue weighted by Gasteiger charge is -2.37. The van der Waals surface area contributed by atoms with E-state index in [9.17, 15) is 27.2 Å². The Labute approximate surface area is 234 Å². The van der Waals surface area contributed by atoms with Crippen LogP contribution in [0.3, 0.4) is 0 Å². The molecule has 1 saturated carbocycles. The highest BCUT2D eigenvalue weighted by molar-refractivity contribution is 7.88. The minimum Gasteiger partial charge on any atom is -0.371 e. The van der Waals surface area contributed by atoms with Gasteiger partial charge in [0.25, 0.3) is 5.91 Å². The number of benzene rings is 2. The molecule has 2 aliphatic rings. The average molecular weight is 574 g/mol. The summed E-state index contributed by atoms with van der Waals surface area (Å²) in [4.78, 5) is 42.4. The van der Waals surface area contributed by atoms with Gasteiger partial charge in [-0.15, -0.1) is 0 Å². The van der Waals surface area contributed by atoms with Crippen molar-refractivity contribution >= 4 is 27.6 Å². The quantitative estimate of drug-likeness (QED) is 0.409. The monoisotopic (exact) mass is 573 g/mol. The number of likely N-dealkylation sites (N-methyl/N-ethyl adjacent to an activating group) is 1. The lowest BCUT2D eigenvalue weighted by Crippen LogP contribution is -2.57. The number of carbonyl (C=O) groups is 3. The molecule has 11 heteroatoms. The van der Waals surface area contributed by atoms with Crippen molar-refractivity contribution in [1.29, 1.82) is 0 Å². The first kappa shape index (κ1) is 29.8. The summed E-state index contributed by atoms with van der Waals surface area (Å²) in [7, 11) is -1.84. The normalized spacial score (nSPS) is 22.0. The molecular formula is C29H36FN3O6S. The maximum Gasteiger partial charge on any atom is 0.254 e. The molecule has 40 heavy (non-hydrogen) atoms. The predicted molar refractivity (Wildman–Crippen MR) is 148 cm³/mol. The number of rotatable bonds is 11. The third-order valence-corrected chi connectivity index (χ3v) is 9.18. The van der Waals surface area contributed by atoms with E-state index in [0.29, 0.717) is 12.0 Å². The van der Waals surface area contributed by atoms with Crippen molar-refractivity contribution in [3.05, 3.63) is 71.5 Å². The molecule has 2 amide bonds. The molecule has 216 valence electrons. The van der Waals surface area contributed by atoms with E-state index in [1.165, 1.54) is 33.3 Å². The van der Waals surface area contributed by atoms with Gasteiger partial charge in [-0.2, -0.15) is 4.31 Å². The Balaban J connectivity index is 1.37. The number of hydrogen-bond acceptors (Lipinski definition) is 6. The Morgan fingerprint density at radius 3 is 2.27 bits per heavy atom. The van der Waals surface area contributed by atoms with Crippen LogP contribution in [0.25, 0.3) is 0 Å². The first-order valence-corrected chi connectivity index (χ1v) is 15.1. The number of hydrogen-bond donors (Lipinski definition) is 0. The SMILES string of the molecule is CN(C(=O)c1ccccc1)[C@@H](COCC(=O)CC1(C)C[C@H]1c1ccc(F)cc1)C(=O)N1CCN(S(C)(=O)=O)CC1. The molecule has 1 aliphatic carbocycles. The van der Waals surface area contributed by atoms with Crippen LogP contribution in [0.4, 0.5) is 4.39 Å². The second-order valence-electron chi connectivity index (χ2n) is 11.0. The molecule has 0 spiro atoms. The van der Waals surface area contributed by atoms with Crippen molar-refractivity contribution < 1.29 is 31.9 Å². The van der Waals surface area contributed by atoms with Gasteiger partial charge in [0.15, 0.2) is 5.78 Å². The molecule has 3 atom stereocenters. The smallest absolute Gasteiger partial charge is 0.254 e. The van der Waals surface area contributed by atoms with Crippen molar-refractivity contribution in [3.8, 4) is 0 Å². The molecular weight excluding hydrogens is 537 g/mol. The van der Waals surface area contributed by atoms with Gasteiger partial charge in [-0.05, 0) is 47.6 Å². The molecule has 4 rings (SSSR count). The first-order valence-electron chi connectivity index (χ1n) is 13.3. The number of sulfonamides is 1. The minimum absolute atomic E-state index is 0.114. The molecule has 9 nitrogen and oxygen atoms in total. The van der Waals surface area contributed by atoms with E-state index in [-0.39, 0.29) is 74.1 Å². The van der Waals surface area contributed by atoms with Gasteiger partial charge in [0, 0.05) is 45.2 Å². The van der Waals surface area contributed by atoms with E-state index in [2.05, 4.69) is 0 Å². The topological polar surface area (TPSA) is 104 Å². The number of halogens is 1. The van der Waals surface area contributed by atoms with Crippen LogP contribution in [-0.4, -0.2) is 98.9 Å². The summed E-state index contributed by atoms with van der Waals surface area (Å²) in [6.45, 7) is 2.36. The number of piperazine rings is 1. The molecule has 2 aromatic carbocycles. The molecule has 1 aliphatic heterocycles. The Morgan fingerprint density at radius 1 is 1.05 bits per heavy atom. The number of amides is 2. The van der Waals surface area contributed by atoms with Gasteiger partial charge in [0.1, 0.15) is 18.5 Å². The van der Waals surface area contributed by atoms with E-state index in [1.807, 2.05) is 6.92 Å². The second-order valence-corrected chi connectivity index (χ2v) is 13.0. The minimum atomic E-state index is -3.37. The summed E-state index contributed by atoms with van der Waals surface area (Å²) < 4.78 is 44.1. The average Bonchev–Trinajstić information content (AvgIpc) is 3.60. The van der Waals surface area contributed by atoms with Gasteiger partial charge in [-0.3, -0.25) is 14.4 Å². The van der Waals surface area contributed by atoms with E-state index in [1.54, 1.807) is 42.5 Å². The summed E-state index contributed by atoms with van der Waals surface area (Å²) in [6, 6.07) is 13.9. The summed E-state index contributed by atoms with van der Waals surface area (Å²) in [5.41, 5.74) is 1.18. The van der Waals surface area contributed by atoms with Crippen molar-refractivity contribution in [2.24, 2.45) is 5.41 Å². The third-order valence-electron chi connectivity index (χ3n) is 7.88. The van der Waals surface area contributed by atoms with Gasteiger partial charge in [0.05, 0.1) is 12.9 Å². The maximum atomic E-state index is 13.5. The van der Waals surface area contributed by atoms with Crippen LogP contribution in [0, 0.1) is 11.2 Å². The van der Waals surface area contributed by atoms with Crippen LogP contribution in [0.1, 0.15) is 41.6 Å². The Kier molecular flexibility index (Phi) is 9.06. The summed E-state index contributed by atoms with van der Waals surface area (Å²) in [6.07, 6.45) is 2.24. The van der Waals surface area contributed by atoms with Crippen LogP contribution in [0.2, 0.25) is 0 Å². The molecule has 1 unspecified atom stereocenters. The number of carbonyl (C=O) groups excluding carboxylic acids is 3. The van der Waals surface area contributed by atoms with Crippen molar-refractivity contribution in [2.45, 2.75) is 31.7 Å². The lowest BCUT2D eigenvalue weighted by atomic mass is 9.95. The van der Waals surface area contributed by atoms with Crippen LogP contribution in [0.15, 0.2) is 54.6 Å². The Morgan fingerprint density at radius 2 is 1.68 bits per heavy atom. The van der Waals surface area contributed by atoms with Gasteiger partial charge in [-0.1, -0.05) is 37.3 Å². The van der Waals surface area contributed by atoms with Crippen molar-refractivity contribution in [1.82, 2.24) is 14.1 Å². The van der Waals surface area contributed by atoms with Gasteiger partial charge in [0.2, 0.25) is 15.9 Å². The Bertz CT molecular complexity index is 1330. The van der Waals surface area contributed by atoms with E-state index >= 15 is 0 Å². The molecule has 0 radical (unpaired) electrons. The highest BCUT2D eigenvalue weighted by Crippen LogP contribution is 2.61. The van der Waals surface area contributed by atoms with Gasteiger partial charge >= 0.3 is 0 Å². The van der Waals surface area contributed by atoms with Crippen molar-refractivity contribution in [2.75, 3.05) is 52.7 Å². The Hall–Kier alpha value is -3.15. The summed E-state index contributed by atoms with van der Waals surface area (Å²) in [5, 5.41) is 0. The highest BCUT2D eigenvalue weighted by atomic mass is 32.2. The zero-order valence-corrected chi connectivity index (χ0v) is 23.9. The fraction of sp³-hybridized carbons (Fsp3) is 0.483. The standard InChI is InChI=1S/C29H36FN3O6S/c1-29(18-25(29)21-9-11-23(30)12-10-21)17-24(34)19-39-20-26(31(2)27(35)22-7-5-4-6-8-22)28(36)32-13-15-33(16-14-32)40(3,37)38/h4-12,25-26H,13-20H2,1-3H3/t25-,26-,29?/m0/s1. The molecule has 0 aromatic heterocycles. The largest absolute Gasteiger partial charge is 0.371 e. The van der Waals surface area contributed by atoms with E-state index < -0.39 is 16.1 Å². The number of nitrogens with zero attached hydrogens (tertiary/aromatic N) is 3. The van der Waals surface area contributed by atoms with Crippen molar-refractivity contribution in [3.63, 3.8) is 0 Å². The van der Waals surface area contributed by atoms with Gasteiger partial charge < -0.3 is 14.5 Å². The van der Waals surface area contributed by atoms with Crippen LogP contribution < -0.4 is 0 Å². The van der Waals surface area contributed by atoms with Gasteiger partial charge in [-0.25, -0.2) is 12.8 Å². The number of ether oxygens (including phenoxy) is 1. The molecule has 2 fully saturated rings. The number of ketones is 1. The molecule has 2 aromatic rings. The third kappa shape index (κ3) is 7.13. The molecule has 0 bridgehead atoms. The first-order chi connectivity index (χ1) is 18.9. The van der Waals surface area contributed by atoms with E-state index in [0.717, 1.165) is 18.2 Å². The second kappa shape index (κ2) is 12.2. The number of Topliss-reactive ketones (excluding diaryl/α,β-unsaturated/α-hetero) is 1. The lowest BCUT2D eigenvalue weighted by molar-refractivity contribution is -0.140. The van der Waals surface area contributed by atoms with Crippen LogP contribution in [-0.2, 0) is 24.3 Å². The predicted octanol–water partition coefficient (Wildman–Crippen LogP) is 2.54. The molecule has 0 N–H and O–H groups in total. The summed E-state index contributed by atoms with van der Waals surface area (Å²) in [5.74, 6) is -0.967. The highest BCUT2D eigenvalue weighted by Gasteiger charge is 2.51. The molecule has 1 heterocycles. The van der Waals surface area contributed by atoms with Crippen LogP contribution >= 0.6 is 0 Å². The van der Waals surface area contributed by atoms with Crippen LogP contribution in [0.5, 0.6) is 0 Å². The fourth-order valence-electron chi connectivity index (χ4n) is 5.33. The molecule has 1 saturated heterocycles. The summed E-state index contributed by atoms with van der Waals surface area (Å²) >= 11 is 0. The fourth-order valence-corrected chi connectivity index (χ4v) is 6.16. The van der Waals surface area contributed by atoms with E-state index in [4.69, 9.17) is 4.74 Å². The maximum absolute atomic E-state index is 13.5. The zero-order valence-electron chi connectivity index (χ0n) is 23.1.